The van der Waals surface area contributed by atoms with Gasteiger partial charge in [-0.25, -0.2) is 0 Å². The zero-order chi connectivity index (χ0) is 15.9. The Labute approximate surface area is 129 Å². The van der Waals surface area contributed by atoms with Crippen LogP contribution >= 0.6 is 11.6 Å². The van der Waals surface area contributed by atoms with Crippen LogP contribution in [0.3, 0.4) is 0 Å². The van der Waals surface area contributed by atoms with Crippen molar-refractivity contribution in [3.8, 4) is 6.07 Å². The first-order valence-corrected chi connectivity index (χ1v) is 7.22. The molecule has 1 fully saturated rings. The van der Waals surface area contributed by atoms with Crippen LogP contribution in [-0.2, 0) is 9.59 Å². The first-order valence-electron chi connectivity index (χ1n) is 6.84. The van der Waals surface area contributed by atoms with Gasteiger partial charge in [-0.3, -0.25) is 9.59 Å². The molecule has 0 saturated carbocycles. The van der Waals surface area contributed by atoms with E-state index in [1.165, 1.54) is 4.90 Å². The molecule has 1 aliphatic heterocycles. The van der Waals surface area contributed by atoms with Crippen molar-refractivity contribution in [2.24, 2.45) is 5.41 Å². The van der Waals surface area contributed by atoms with Gasteiger partial charge in [-0.05, 0) is 44.9 Å². The summed E-state index contributed by atoms with van der Waals surface area (Å²) in [5.74, 6) is -0.293. The molecule has 0 aromatic heterocycles. The molecule has 0 bridgehead atoms. The number of carbonyl (C=O) groups is 2. The molecule has 5 heteroatoms. The van der Waals surface area contributed by atoms with Crippen LogP contribution in [0.4, 0.5) is 5.69 Å². The maximum Gasteiger partial charge on any atom is 0.240 e. The van der Waals surface area contributed by atoms with E-state index >= 15 is 0 Å². The first-order chi connectivity index (χ1) is 9.77. The third kappa shape index (κ3) is 2.13. The van der Waals surface area contributed by atoms with Crippen LogP contribution in [0.15, 0.2) is 12.1 Å². The van der Waals surface area contributed by atoms with Crippen LogP contribution in [0.2, 0.25) is 5.02 Å². The molecule has 1 atom stereocenters. The van der Waals surface area contributed by atoms with Gasteiger partial charge in [0.2, 0.25) is 5.91 Å². The number of nitriles is 1. The quantitative estimate of drug-likeness (QED) is 0.788. The monoisotopic (exact) mass is 304 g/mol. The Morgan fingerprint density at radius 1 is 1.38 bits per heavy atom. The summed E-state index contributed by atoms with van der Waals surface area (Å²) >= 11 is 6.18. The van der Waals surface area contributed by atoms with E-state index in [9.17, 15) is 9.59 Å². The fourth-order valence-corrected chi connectivity index (χ4v) is 2.95. The highest BCUT2D eigenvalue weighted by atomic mass is 35.5. The molecule has 110 valence electrons. The highest BCUT2D eigenvalue weighted by Gasteiger charge is 2.53. The van der Waals surface area contributed by atoms with Gasteiger partial charge < -0.3 is 4.90 Å². The number of hydrogen-bond donors (Lipinski definition) is 0. The summed E-state index contributed by atoms with van der Waals surface area (Å²) in [5.41, 5.74) is 0.596. The van der Waals surface area contributed by atoms with E-state index < -0.39 is 11.5 Å². The summed E-state index contributed by atoms with van der Waals surface area (Å²) in [6.07, 6.45) is 0.547. The average molecular weight is 305 g/mol. The Morgan fingerprint density at radius 2 is 2.00 bits per heavy atom. The van der Waals surface area contributed by atoms with Gasteiger partial charge in [0.15, 0.2) is 5.78 Å². The van der Waals surface area contributed by atoms with Crippen LogP contribution in [-0.4, -0.2) is 17.7 Å². The van der Waals surface area contributed by atoms with Crippen LogP contribution in [0.25, 0.3) is 0 Å². The van der Waals surface area contributed by atoms with E-state index in [0.29, 0.717) is 28.3 Å². The molecule has 1 amide bonds. The summed E-state index contributed by atoms with van der Waals surface area (Å²) in [4.78, 5) is 26.6. The molecular weight excluding hydrogens is 288 g/mol. The SMILES string of the molecule is CCC1C(=O)C(C)(C)C(=O)N1c1ccc(C#N)c(Cl)c1C. The molecule has 21 heavy (non-hydrogen) atoms. The number of hydrogen-bond acceptors (Lipinski definition) is 3. The van der Waals surface area contributed by atoms with Crippen molar-refractivity contribution >= 4 is 29.0 Å². The van der Waals surface area contributed by atoms with Crippen molar-refractivity contribution in [3.05, 3.63) is 28.3 Å². The number of rotatable bonds is 2. The second-order valence-corrected chi connectivity index (χ2v) is 6.15. The van der Waals surface area contributed by atoms with Gasteiger partial charge in [0.1, 0.15) is 11.5 Å². The van der Waals surface area contributed by atoms with Crippen molar-refractivity contribution in [1.82, 2.24) is 0 Å². The van der Waals surface area contributed by atoms with E-state index in [2.05, 4.69) is 0 Å². The number of carbonyl (C=O) groups excluding carboxylic acids is 2. The molecule has 0 N–H and O–H groups in total. The van der Waals surface area contributed by atoms with Gasteiger partial charge >= 0.3 is 0 Å². The molecule has 0 aliphatic carbocycles. The lowest BCUT2D eigenvalue weighted by atomic mass is 9.88. The molecule has 1 aromatic rings. The van der Waals surface area contributed by atoms with E-state index in [0.717, 1.165) is 0 Å². The Morgan fingerprint density at radius 3 is 2.52 bits per heavy atom. The smallest absolute Gasteiger partial charge is 0.240 e. The Balaban J connectivity index is 2.62. The lowest BCUT2D eigenvalue weighted by Gasteiger charge is -2.25. The molecule has 2 rings (SSSR count). The highest BCUT2D eigenvalue weighted by Crippen LogP contribution is 2.40. The summed E-state index contributed by atoms with van der Waals surface area (Å²) in [5, 5.41) is 9.33. The third-order valence-electron chi connectivity index (χ3n) is 4.11. The molecule has 1 saturated heterocycles. The van der Waals surface area contributed by atoms with Crippen LogP contribution < -0.4 is 4.90 Å². The Bertz CT molecular complexity index is 674. The Hall–Kier alpha value is -1.86. The fourth-order valence-electron chi connectivity index (χ4n) is 2.75. The van der Waals surface area contributed by atoms with E-state index in [-0.39, 0.29) is 11.7 Å². The maximum absolute atomic E-state index is 12.6. The summed E-state index contributed by atoms with van der Waals surface area (Å²) in [6.45, 7) is 6.95. The fraction of sp³-hybridized carbons (Fsp3) is 0.438. The van der Waals surface area contributed by atoms with Crippen molar-refractivity contribution in [3.63, 3.8) is 0 Å². The minimum absolute atomic E-state index is 0.0742. The van der Waals surface area contributed by atoms with Gasteiger partial charge in [-0.2, -0.15) is 5.26 Å². The molecule has 1 heterocycles. The molecule has 0 spiro atoms. The average Bonchev–Trinajstić information content (AvgIpc) is 2.62. The molecular formula is C16H17ClN2O2. The van der Waals surface area contributed by atoms with Gasteiger partial charge in [-0.15, -0.1) is 0 Å². The summed E-state index contributed by atoms with van der Waals surface area (Å²) in [6, 6.07) is 4.81. The maximum atomic E-state index is 12.6. The molecule has 1 unspecified atom stereocenters. The number of halogens is 1. The van der Waals surface area contributed by atoms with E-state index in [1.807, 2.05) is 13.0 Å². The van der Waals surface area contributed by atoms with Gasteiger partial charge in [0.25, 0.3) is 0 Å². The second-order valence-electron chi connectivity index (χ2n) is 5.77. The lowest BCUT2D eigenvalue weighted by Crippen LogP contribution is -2.36. The number of Topliss-reactive ketones (excluding diaryl/α,β-unsaturated/α-hetero) is 1. The van der Waals surface area contributed by atoms with Crippen LogP contribution in [0, 0.1) is 23.7 Å². The normalized spacial score (nSPS) is 20.8. The zero-order valence-corrected chi connectivity index (χ0v) is 13.3. The number of nitrogens with zero attached hydrogens (tertiary/aromatic N) is 2. The predicted octanol–water partition coefficient (Wildman–Crippen LogP) is 3.24. The van der Waals surface area contributed by atoms with Gasteiger partial charge in [0, 0.05) is 5.69 Å². The van der Waals surface area contributed by atoms with E-state index in [1.54, 1.807) is 32.9 Å². The van der Waals surface area contributed by atoms with Crippen molar-refractivity contribution in [2.45, 2.75) is 40.2 Å². The minimum atomic E-state index is -1.02. The second kappa shape index (κ2) is 5.16. The van der Waals surface area contributed by atoms with Gasteiger partial charge in [-0.1, -0.05) is 18.5 Å². The van der Waals surface area contributed by atoms with Crippen LogP contribution in [0.1, 0.15) is 38.3 Å². The van der Waals surface area contributed by atoms with Gasteiger partial charge in [0.05, 0.1) is 16.6 Å². The van der Waals surface area contributed by atoms with E-state index in [4.69, 9.17) is 16.9 Å². The standard InChI is InChI=1S/C16H17ClN2O2/c1-5-11-14(20)16(3,4)15(21)19(11)12-7-6-10(8-18)13(17)9(12)2/h6-7,11H,5H2,1-4H3. The van der Waals surface area contributed by atoms with Crippen molar-refractivity contribution in [1.29, 1.82) is 5.26 Å². The lowest BCUT2D eigenvalue weighted by molar-refractivity contribution is -0.132. The summed E-state index contributed by atoms with van der Waals surface area (Å²) in [7, 11) is 0. The first kappa shape index (κ1) is 15.5. The number of amides is 1. The topological polar surface area (TPSA) is 61.2 Å². The molecule has 1 aromatic carbocycles. The summed E-state index contributed by atoms with van der Waals surface area (Å²) < 4.78 is 0. The third-order valence-corrected chi connectivity index (χ3v) is 4.60. The number of anilines is 1. The Kier molecular flexibility index (Phi) is 3.81. The number of benzene rings is 1. The van der Waals surface area contributed by atoms with Crippen molar-refractivity contribution in [2.75, 3.05) is 4.90 Å². The highest BCUT2D eigenvalue weighted by molar-refractivity contribution is 6.33. The molecule has 0 radical (unpaired) electrons. The van der Waals surface area contributed by atoms with Crippen LogP contribution in [0.5, 0.6) is 0 Å². The molecule has 4 nitrogen and oxygen atoms in total. The predicted molar refractivity (Wildman–Crippen MR) is 81.3 cm³/mol. The minimum Gasteiger partial charge on any atom is -0.301 e. The molecule has 1 aliphatic rings. The number of ketones is 1. The largest absolute Gasteiger partial charge is 0.301 e. The zero-order valence-electron chi connectivity index (χ0n) is 12.5. The van der Waals surface area contributed by atoms with Crippen molar-refractivity contribution < 1.29 is 9.59 Å².